The number of likely N-dealkylation sites (tertiary alicyclic amines) is 1. The molecule has 62 heavy (non-hydrogen) atoms. The molecule has 3 aliphatic rings. The molecular formula is C43H57N7O10S2. The van der Waals surface area contributed by atoms with Gasteiger partial charge in [-0.3, -0.25) is 23.9 Å². The molecule has 3 aromatic rings. The number of pyridine rings is 1. The number of hydrogen-bond acceptors (Lipinski definition) is 13. The molecule has 6 rings (SSSR count). The second-order valence-corrected chi connectivity index (χ2v) is 21.3. The first kappa shape index (κ1) is 46.2. The number of amides is 5. The molecule has 19 heteroatoms. The molecule has 336 valence electrons. The van der Waals surface area contributed by atoms with Crippen LogP contribution in [0, 0.1) is 16.7 Å². The molecule has 4 N–H and O–H groups in total. The van der Waals surface area contributed by atoms with Crippen molar-refractivity contribution < 1.29 is 46.6 Å². The molecule has 5 atom stereocenters. The maximum atomic E-state index is 14.8. The Kier molecular flexibility index (Phi) is 13.3. The van der Waals surface area contributed by atoms with E-state index in [2.05, 4.69) is 27.5 Å². The highest BCUT2D eigenvalue weighted by atomic mass is 32.2. The third-order valence-electron chi connectivity index (χ3n) is 11.1. The number of fused-ring (bicyclic) bond motifs is 1. The van der Waals surface area contributed by atoms with Gasteiger partial charge in [-0.15, -0.1) is 17.9 Å². The zero-order valence-electron chi connectivity index (χ0n) is 36.5. The van der Waals surface area contributed by atoms with Crippen molar-refractivity contribution >= 4 is 67.1 Å². The van der Waals surface area contributed by atoms with Gasteiger partial charge < -0.3 is 35.1 Å². The van der Waals surface area contributed by atoms with E-state index in [9.17, 15) is 32.4 Å². The molecule has 1 aromatic carbocycles. The Hall–Kier alpha value is -5.30. The molecular weight excluding hydrogens is 839 g/mol. The van der Waals surface area contributed by atoms with Gasteiger partial charge >= 0.3 is 6.09 Å². The number of benzene rings is 1. The first-order valence-electron chi connectivity index (χ1n) is 20.6. The van der Waals surface area contributed by atoms with Crippen molar-refractivity contribution in [2.45, 2.75) is 116 Å². The number of carbonyl (C=O) groups excluding carboxylic acids is 5. The second kappa shape index (κ2) is 17.8. The van der Waals surface area contributed by atoms with Crippen LogP contribution in [0.15, 0.2) is 42.3 Å². The van der Waals surface area contributed by atoms with Crippen LogP contribution in [-0.4, -0.2) is 103 Å². The van der Waals surface area contributed by atoms with Crippen LogP contribution in [-0.2, 0) is 33.9 Å². The van der Waals surface area contributed by atoms with Gasteiger partial charge in [0.2, 0.25) is 27.7 Å². The van der Waals surface area contributed by atoms with E-state index in [4.69, 9.17) is 19.2 Å². The average molecular weight is 896 g/mol. The van der Waals surface area contributed by atoms with E-state index < -0.39 is 68.9 Å². The molecule has 1 saturated heterocycles. The molecule has 3 heterocycles. The van der Waals surface area contributed by atoms with Gasteiger partial charge in [-0.1, -0.05) is 47.6 Å². The third kappa shape index (κ3) is 11.0. The summed E-state index contributed by atoms with van der Waals surface area (Å²) in [5, 5.41) is 11.2. The molecule has 2 saturated carbocycles. The van der Waals surface area contributed by atoms with Crippen molar-refractivity contribution in [3.8, 4) is 22.9 Å². The molecule has 0 bridgehead atoms. The van der Waals surface area contributed by atoms with E-state index in [0.29, 0.717) is 45.3 Å². The van der Waals surface area contributed by atoms with Gasteiger partial charge in [-0.2, -0.15) is 0 Å². The smallest absolute Gasteiger partial charge is 0.408 e. The maximum Gasteiger partial charge on any atom is 0.408 e. The highest BCUT2D eigenvalue weighted by Gasteiger charge is 2.61. The minimum atomic E-state index is -3.98. The van der Waals surface area contributed by atoms with Gasteiger partial charge in [0.1, 0.15) is 47.0 Å². The SMILES string of the molecule is C=C[C@@H]1C[C@]1(NC(=O)[C@@H]1C[C@@H](Oc2cc(-c3csc(NC(=O)CC(C)(C)C)n3)nc3cc(OC)ccc23)CN1C(=O)[C@@H](NC(=O)OC1CCCC1)C(C)(C)C)C(=O)NS(C)(=O)=O. The molecule has 0 spiro atoms. The van der Waals surface area contributed by atoms with E-state index in [1.165, 1.54) is 29.4 Å². The van der Waals surface area contributed by atoms with Crippen molar-refractivity contribution in [1.82, 2.24) is 30.2 Å². The molecule has 5 amide bonds. The summed E-state index contributed by atoms with van der Waals surface area (Å²) in [5.74, 6) is -2.06. The van der Waals surface area contributed by atoms with E-state index >= 15 is 0 Å². The number of carbonyl (C=O) groups is 5. The summed E-state index contributed by atoms with van der Waals surface area (Å²) in [6.45, 7) is 14.9. The van der Waals surface area contributed by atoms with Crippen molar-refractivity contribution in [3.05, 3.63) is 42.3 Å². The van der Waals surface area contributed by atoms with Crippen LogP contribution in [0.1, 0.15) is 86.5 Å². The van der Waals surface area contributed by atoms with Crippen LogP contribution in [0.25, 0.3) is 22.3 Å². The molecule has 2 aliphatic carbocycles. The number of hydrogen-bond donors (Lipinski definition) is 4. The fourth-order valence-corrected chi connectivity index (χ4v) is 9.14. The highest BCUT2D eigenvalue weighted by molar-refractivity contribution is 7.89. The predicted octanol–water partition coefficient (Wildman–Crippen LogP) is 5.31. The average Bonchev–Trinajstić information content (AvgIpc) is 3.57. The first-order valence-corrected chi connectivity index (χ1v) is 23.4. The standard InChI is InChI=1S/C43H57N7O10S2/c1-10-24-20-43(24,38(54)49-62(9,56)57)48-36(52)32-18-27(22-50(32)37(53)35(42(5,6)7)47-40(55)60-25-13-11-12-14-25)59-33-19-30(44-29-17-26(58-8)15-16-28(29)33)31-23-61-39(45-31)46-34(51)21-41(2,3)4/h10,15-17,19,23-25,27,32,35H,1,11-14,18,20-22H2,2-9H3,(H,47,55)(H,48,52)(H,49,54)(H,45,46,51)/t24-,27-,32+,35-,43-/m1/s1. The van der Waals surface area contributed by atoms with Crippen molar-refractivity contribution in [1.29, 1.82) is 0 Å². The van der Waals surface area contributed by atoms with E-state index in [1.54, 1.807) is 50.4 Å². The summed E-state index contributed by atoms with van der Waals surface area (Å²) in [4.78, 5) is 79.3. The molecule has 0 unspecified atom stereocenters. The fraction of sp³-hybridized carbons (Fsp3) is 0.558. The summed E-state index contributed by atoms with van der Waals surface area (Å²) in [7, 11) is -2.45. The molecule has 0 radical (unpaired) electrons. The Labute approximate surface area is 366 Å². The van der Waals surface area contributed by atoms with Crippen LogP contribution in [0.3, 0.4) is 0 Å². The maximum absolute atomic E-state index is 14.8. The van der Waals surface area contributed by atoms with Gasteiger partial charge in [0.15, 0.2) is 5.13 Å². The Bertz CT molecular complexity index is 2350. The lowest BCUT2D eigenvalue weighted by Crippen LogP contribution is -2.60. The lowest BCUT2D eigenvalue weighted by Gasteiger charge is -2.35. The second-order valence-electron chi connectivity index (χ2n) is 18.7. The van der Waals surface area contributed by atoms with Crippen LogP contribution >= 0.6 is 11.3 Å². The van der Waals surface area contributed by atoms with Crippen LogP contribution in [0.2, 0.25) is 0 Å². The number of rotatable bonds is 14. The van der Waals surface area contributed by atoms with Crippen LogP contribution in [0.4, 0.5) is 9.93 Å². The van der Waals surface area contributed by atoms with Gasteiger partial charge in [0.25, 0.3) is 5.91 Å². The minimum absolute atomic E-state index is 0.0422. The summed E-state index contributed by atoms with van der Waals surface area (Å²) < 4.78 is 44.0. The highest BCUT2D eigenvalue weighted by Crippen LogP contribution is 2.45. The summed E-state index contributed by atoms with van der Waals surface area (Å²) >= 11 is 1.25. The summed E-state index contributed by atoms with van der Waals surface area (Å²) in [6, 6.07) is 4.61. The number of sulfonamides is 1. The summed E-state index contributed by atoms with van der Waals surface area (Å²) in [6.07, 6.45) is 4.17. The lowest BCUT2D eigenvalue weighted by molar-refractivity contribution is -0.143. The number of alkyl carbamates (subject to hydrolysis) is 1. The Balaban J connectivity index is 1.33. The van der Waals surface area contributed by atoms with E-state index in [0.717, 1.165) is 31.9 Å². The fourth-order valence-electron chi connectivity index (χ4n) is 7.90. The number of anilines is 1. The van der Waals surface area contributed by atoms with Gasteiger partial charge in [0.05, 0.1) is 31.1 Å². The van der Waals surface area contributed by atoms with Crippen LogP contribution < -0.4 is 30.1 Å². The lowest BCUT2D eigenvalue weighted by atomic mass is 9.85. The molecule has 1 aliphatic heterocycles. The van der Waals surface area contributed by atoms with Gasteiger partial charge in [-0.25, -0.2) is 23.2 Å². The van der Waals surface area contributed by atoms with Gasteiger partial charge in [-0.05, 0) is 55.1 Å². The van der Waals surface area contributed by atoms with Gasteiger partial charge in [0, 0.05) is 41.7 Å². The van der Waals surface area contributed by atoms with E-state index in [1.807, 2.05) is 25.5 Å². The topological polar surface area (TPSA) is 224 Å². The predicted molar refractivity (Wildman–Crippen MR) is 234 cm³/mol. The quantitative estimate of drug-likeness (QED) is 0.151. The Morgan fingerprint density at radius 1 is 1.03 bits per heavy atom. The molecule has 2 aromatic heterocycles. The number of ether oxygens (including phenoxy) is 3. The van der Waals surface area contributed by atoms with E-state index in [-0.39, 0.29) is 36.8 Å². The Morgan fingerprint density at radius 3 is 2.35 bits per heavy atom. The first-order chi connectivity index (χ1) is 29.0. The molecule has 3 fully saturated rings. The molecule has 17 nitrogen and oxygen atoms in total. The number of aromatic nitrogens is 2. The summed E-state index contributed by atoms with van der Waals surface area (Å²) in [5.41, 5.74) is -1.28. The van der Waals surface area contributed by atoms with Crippen molar-refractivity contribution in [2.75, 3.05) is 25.2 Å². The number of thiazole rings is 1. The van der Waals surface area contributed by atoms with Crippen molar-refractivity contribution in [2.24, 2.45) is 16.7 Å². The van der Waals surface area contributed by atoms with Crippen LogP contribution in [0.5, 0.6) is 11.5 Å². The number of nitrogens with zero attached hydrogens (tertiary/aromatic N) is 3. The van der Waals surface area contributed by atoms with Crippen molar-refractivity contribution in [3.63, 3.8) is 0 Å². The monoisotopic (exact) mass is 895 g/mol. The zero-order valence-corrected chi connectivity index (χ0v) is 38.1. The normalized spacial score (nSPS) is 22.1. The number of nitrogens with one attached hydrogen (secondary N) is 4. The Morgan fingerprint density at radius 2 is 1.74 bits per heavy atom. The number of methoxy groups -OCH3 is 1. The third-order valence-corrected chi connectivity index (χ3v) is 12.4. The largest absolute Gasteiger partial charge is 0.497 e. The zero-order chi connectivity index (χ0) is 45.4. The minimum Gasteiger partial charge on any atom is -0.497 e.